The third-order valence-electron chi connectivity index (χ3n) is 2.52. The molecule has 0 radical (unpaired) electrons. The van der Waals surface area contributed by atoms with E-state index in [1.807, 2.05) is 25.3 Å². The fourth-order valence-electron chi connectivity index (χ4n) is 1.38. The van der Waals surface area contributed by atoms with Gasteiger partial charge in [0.25, 0.3) is 5.91 Å². The number of rotatable bonds is 4. The number of carboxylic acids is 1. The summed E-state index contributed by atoms with van der Waals surface area (Å²) < 4.78 is 1.86. The summed E-state index contributed by atoms with van der Waals surface area (Å²) >= 11 is 0. The molecule has 1 atom stereocenters. The molecule has 1 aromatic heterocycles. The first-order valence-electron chi connectivity index (χ1n) is 5.58. The van der Waals surface area contributed by atoms with Gasteiger partial charge in [-0.1, -0.05) is 0 Å². The van der Waals surface area contributed by atoms with E-state index in [0.717, 1.165) is 0 Å². The second-order valence-electron chi connectivity index (χ2n) is 5.03. The van der Waals surface area contributed by atoms with Crippen LogP contribution < -0.4 is 5.32 Å². The topological polar surface area (TPSA) is 91.6 Å². The minimum atomic E-state index is -1.28. The van der Waals surface area contributed by atoms with Crippen LogP contribution in [0.2, 0.25) is 0 Å². The van der Waals surface area contributed by atoms with Gasteiger partial charge in [-0.2, -0.15) is 0 Å². The molecule has 6 heteroatoms. The molecule has 100 valence electrons. The smallest absolute Gasteiger partial charge is 0.328 e. The molecule has 0 aromatic carbocycles. The summed E-state index contributed by atoms with van der Waals surface area (Å²) in [5, 5.41) is 19.8. The number of carbonyl (C=O) groups excluding carboxylic acids is 1. The van der Waals surface area contributed by atoms with E-state index >= 15 is 0 Å². The monoisotopic (exact) mass is 254 g/mol. The molecule has 0 saturated heterocycles. The Labute approximate surface area is 105 Å². The van der Waals surface area contributed by atoms with Crippen LogP contribution in [0, 0.1) is 0 Å². The second-order valence-corrected chi connectivity index (χ2v) is 5.03. The molecule has 6 nitrogen and oxygen atoms in total. The molecule has 1 rings (SSSR count). The van der Waals surface area contributed by atoms with Gasteiger partial charge in [0.05, 0.1) is 12.2 Å². The molecule has 18 heavy (non-hydrogen) atoms. The fraction of sp³-hybridized carbons (Fsp3) is 0.500. The van der Waals surface area contributed by atoms with Crippen molar-refractivity contribution < 1.29 is 19.8 Å². The first-order valence-corrected chi connectivity index (χ1v) is 5.58. The minimum absolute atomic E-state index is 0.151. The van der Waals surface area contributed by atoms with Crippen LogP contribution in [0.1, 0.15) is 31.1 Å². The molecule has 0 aliphatic rings. The number of hydrogen-bond acceptors (Lipinski definition) is 3. The predicted octanol–water partition coefficient (Wildman–Crippen LogP) is 0.418. The van der Waals surface area contributed by atoms with Crippen molar-refractivity contribution in [3.05, 3.63) is 24.0 Å². The van der Waals surface area contributed by atoms with E-state index in [1.54, 1.807) is 18.5 Å². The summed E-state index contributed by atoms with van der Waals surface area (Å²) in [7, 11) is 0. The Hall–Kier alpha value is -1.82. The van der Waals surface area contributed by atoms with Crippen LogP contribution in [0.5, 0.6) is 0 Å². The largest absolute Gasteiger partial charge is 0.480 e. The van der Waals surface area contributed by atoms with Crippen LogP contribution in [0.3, 0.4) is 0 Å². The van der Waals surface area contributed by atoms with Crippen molar-refractivity contribution in [2.75, 3.05) is 6.61 Å². The van der Waals surface area contributed by atoms with Crippen molar-refractivity contribution >= 4 is 11.9 Å². The van der Waals surface area contributed by atoms with E-state index in [9.17, 15) is 9.59 Å². The highest BCUT2D eigenvalue weighted by Crippen LogP contribution is 2.15. The Balaban J connectivity index is 2.79. The van der Waals surface area contributed by atoms with E-state index in [1.165, 1.54) is 0 Å². The molecule has 0 spiro atoms. The number of carboxylic acid groups (broad SMARTS) is 1. The molecular formula is C12H18N2O4. The van der Waals surface area contributed by atoms with E-state index in [0.29, 0.717) is 5.56 Å². The Bertz CT molecular complexity index is 445. The van der Waals surface area contributed by atoms with Gasteiger partial charge in [0.1, 0.15) is 0 Å². The molecule has 0 aliphatic carbocycles. The lowest BCUT2D eigenvalue weighted by Gasteiger charge is -2.20. The maximum atomic E-state index is 11.8. The zero-order valence-corrected chi connectivity index (χ0v) is 10.7. The lowest BCUT2D eigenvalue weighted by molar-refractivity contribution is -0.140. The maximum Gasteiger partial charge on any atom is 0.328 e. The van der Waals surface area contributed by atoms with Crippen LogP contribution in [0.4, 0.5) is 0 Å². The van der Waals surface area contributed by atoms with E-state index in [-0.39, 0.29) is 5.54 Å². The highest BCUT2D eigenvalue weighted by molar-refractivity contribution is 5.96. The number of amides is 1. The summed E-state index contributed by atoms with van der Waals surface area (Å²) in [6.07, 6.45) is 3.40. The van der Waals surface area contributed by atoms with Gasteiger partial charge in [-0.3, -0.25) is 4.79 Å². The van der Waals surface area contributed by atoms with Crippen molar-refractivity contribution in [3.63, 3.8) is 0 Å². The molecule has 3 N–H and O–H groups in total. The number of hydrogen-bond donors (Lipinski definition) is 3. The summed E-state index contributed by atoms with van der Waals surface area (Å²) in [5.74, 6) is -1.78. The second kappa shape index (κ2) is 5.22. The van der Waals surface area contributed by atoms with Gasteiger partial charge in [-0.15, -0.1) is 0 Å². The van der Waals surface area contributed by atoms with Gasteiger partial charge in [-0.25, -0.2) is 4.79 Å². The van der Waals surface area contributed by atoms with Crippen LogP contribution in [0.25, 0.3) is 0 Å². The molecule has 0 fully saturated rings. The van der Waals surface area contributed by atoms with Crippen LogP contribution in [-0.4, -0.2) is 39.3 Å². The van der Waals surface area contributed by atoms with Gasteiger partial charge in [0.15, 0.2) is 6.04 Å². The Morgan fingerprint density at radius 2 is 2.06 bits per heavy atom. The summed E-state index contributed by atoms with van der Waals surface area (Å²) in [5.41, 5.74) is 0.214. The zero-order chi connectivity index (χ0) is 13.9. The van der Waals surface area contributed by atoms with Gasteiger partial charge in [0, 0.05) is 17.9 Å². The number of aliphatic carboxylic acids is 1. The van der Waals surface area contributed by atoms with E-state index < -0.39 is 24.5 Å². The number of aliphatic hydroxyl groups excluding tert-OH is 1. The third-order valence-corrected chi connectivity index (χ3v) is 2.52. The summed E-state index contributed by atoms with van der Waals surface area (Å²) in [4.78, 5) is 22.4. The van der Waals surface area contributed by atoms with Crippen molar-refractivity contribution in [3.8, 4) is 0 Å². The lowest BCUT2D eigenvalue weighted by atomic mass is 10.1. The first-order chi connectivity index (χ1) is 8.25. The average Bonchev–Trinajstić information content (AvgIpc) is 2.73. The van der Waals surface area contributed by atoms with Crippen molar-refractivity contribution in [2.24, 2.45) is 0 Å². The van der Waals surface area contributed by atoms with Crippen molar-refractivity contribution in [1.82, 2.24) is 9.88 Å². The molecule has 1 aromatic rings. The van der Waals surface area contributed by atoms with Gasteiger partial charge in [0.2, 0.25) is 0 Å². The molecule has 1 amide bonds. The fourth-order valence-corrected chi connectivity index (χ4v) is 1.38. The van der Waals surface area contributed by atoms with Crippen molar-refractivity contribution in [1.29, 1.82) is 0 Å². The SMILES string of the molecule is CC(C)(C)n1ccc(C(=O)N[C@@H](CO)C(=O)O)c1. The maximum absolute atomic E-state index is 11.8. The number of nitrogens with one attached hydrogen (secondary N) is 1. The normalized spacial score (nSPS) is 13.1. The number of nitrogens with zero attached hydrogens (tertiary/aromatic N) is 1. The molecule has 0 unspecified atom stereocenters. The average molecular weight is 254 g/mol. The predicted molar refractivity (Wildman–Crippen MR) is 65.4 cm³/mol. The van der Waals surface area contributed by atoms with Gasteiger partial charge < -0.3 is 20.1 Å². The third kappa shape index (κ3) is 3.33. The highest BCUT2D eigenvalue weighted by atomic mass is 16.4. The molecular weight excluding hydrogens is 236 g/mol. The molecule has 0 bridgehead atoms. The number of aliphatic hydroxyl groups is 1. The Morgan fingerprint density at radius 1 is 1.44 bits per heavy atom. The molecule has 0 saturated carbocycles. The minimum Gasteiger partial charge on any atom is -0.480 e. The van der Waals surface area contributed by atoms with E-state index in [4.69, 9.17) is 10.2 Å². The lowest BCUT2D eigenvalue weighted by Crippen LogP contribution is -2.43. The standard InChI is InChI=1S/C12H18N2O4/c1-12(2,3)14-5-4-8(6-14)10(16)13-9(7-15)11(17)18/h4-6,9,15H,7H2,1-3H3,(H,13,16)(H,17,18)/t9-/m0/s1. The van der Waals surface area contributed by atoms with Crippen LogP contribution >= 0.6 is 0 Å². The summed E-state index contributed by atoms with van der Waals surface area (Å²) in [6.45, 7) is 5.33. The highest BCUT2D eigenvalue weighted by Gasteiger charge is 2.21. The first kappa shape index (κ1) is 14.2. The number of carbonyl (C=O) groups is 2. The Kier molecular flexibility index (Phi) is 4.13. The van der Waals surface area contributed by atoms with Gasteiger partial charge in [-0.05, 0) is 26.8 Å². The van der Waals surface area contributed by atoms with Gasteiger partial charge >= 0.3 is 5.97 Å². The Morgan fingerprint density at radius 3 is 2.44 bits per heavy atom. The molecule has 1 heterocycles. The molecule has 0 aliphatic heterocycles. The quantitative estimate of drug-likeness (QED) is 0.726. The zero-order valence-electron chi connectivity index (χ0n) is 10.7. The van der Waals surface area contributed by atoms with Crippen LogP contribution in [0.15, 0.2) is 18.5 Å². The summed E-state index contributed by atoms with van der Waals surface area (Å²) in [6, 6.07) is 0.326. The number of aromatic nitrogens is 1. The van der Waals surface area contributed by atoms with Crippen LogP contribution in [-0.2, 0) is 10.3 Å². The van der Waals surface area contributed by atoms with E-state index in [2.05, 4.69) is 5.32 Å². The van der Waals surface area contributed by atoms with Crippen molar-refractivity contribution in [2.45, 2.75) is 32.4 Å².